The Morgan fingerprint density at radius 3 is 2.91 bits per heavy atom. The van der Waals surface area contributed by atoms with Gasteiger partial charge >= 0.3 is 0 Å². The van der Waals surface area contributed by atoms with Gasteiger partial charge in [-0.05, 0) is 6.07 Å². The van der Waals surface area contributed by atoms with Crippen molar-refractivity contribution < 1.29 is 3.97 Å². The SMILES string of the molecule is [S-][n+]1ccnc2ccccc21. The van der Waals surface area contributed by atoms with Crippen LogP contribution in [0.3, 0.4) is 0 Å². The average Bonchev–Trinajstić information content (AvgIpc) is 2.06. The minimum absolute atomic E-state index is 0.935. The topological polar surface area (TPSA) is 16.8 Å². The van der Waals surface area contributed by atoms with Gasteiger partial charge in [-0.1, -0.05) is 12.1 Å². The van der Waals surface area contributed by atoms with Crippen LogP contribution < -0.4 is 3.97 Å². The number of hydrogen-bond donors (Lipinski definition) is 0. The van der Waals surface area contributed by atoms with Crippen LogP contribution in [0.1, 0.15) is 0 Å². The highest BCUT2D eigenvalue weighted by atomic mass is 32.1. The van der Waals surface area contributed by atoms with Gasteiger partial charge in [0.25, 0.3) is 0 Å². The summed E-state index contributed by atoms with van der Waals surface area (Å²) < 4.78 is 1.64. The van der Waals surface area contributed by atoms with E-state index in [-0.39, 0.29) is 0 Å². The van der Waals surface area contributed by atoms with E-state index in [0.29, 0.717) is 0 Å². The molecule has 2 rings (SSSR count). The Morgan fingerprint density at radius 2 is 2.09 bits per heavy atom. The molecule has 3 heteroatoms. The first-order chi connectivity index (χ1) is 5.38. The quantitative estimate of drug-likeness (QED) is 0.421. The molecule has 0 saturated carbocycles. The van der Waals surface area contributed by atoms with Crippen molar-refractivity contribution in [2.45, 2.75) is 0 Å². The van der Waals surface area contributed by atoms with Crippen LogP contribution in [-0.2, 0) is 12.8 Å². The summed E-state index contributed by atoms with van der Waals surface area (Å²) in [5.41, 5.74) is 1.91. The van der Waals surface area contributed by atoms with Gasteiger partial charge in [-0.15, -0.1) is 0 Å². The lowest BCUT2D eigenvalue weighted by Gasteiger charge is -1.99. The zero-order valence-corrected chi connectivity index (χ0v) is 6.58. The number of para-hydroxylation sites is 2. The number of rotatable bonds is 0. The molecule has 0 spiro atoms. The molecule has 0 fully saturated rings. The van der Waals surface area contributed by atoms with Crippen LogP contribution in [-0.4, -0.2) is 4.98 Å². The molecular formula is C8H6N2S. The van der Waals surface area contributed by atoms with E-state index in [0.717, 1.165) is 11.0 Å². The van der Waals surface area contributed by atoms with Crippen LogP contribution in [0.2, 0.25) is 0 Å². The van der Waals surface area contributed by atoms with Crippen LogP contribution >= 0.6 is 0 Å². The monoisotopic (exact) mass is 162 g/mol. The third-order valence-electron chi connectivity index (χ3n) is 1.53. The maximum atomic E-state index is 5.03. The van der Waals surface area contributed by atoms with E-state index in [1.165, 1.54) is 0 Å². The first-order valence-corrected chi connectivity index (χ1v) is 3.67. The van der Waals surface area contributed by atoms with E-state index in [1.54, 1.807) is 16.4 Å². The molecule has 0 atom stereocenters. The Hall–Kier alpha value is -1.22. The summed E-state index contributed by atoms with van der Waals surface area (Å²) in [6.45, 7) is 0. The summed E-state index contributed by atoms with van der Waals surface area (Å²) in [6, 6.07) is 7.80. The number of nitrogens with zero attached hydrogens (tertiary/aromatic N) is 2. The lowest BCUT2D eigenvalue weighted by Crippen LogP contribution is -2.26. The van der Waals surface area contributed by atoms with Crippen molar-refractivity contribution >= 4 is 23.8 Å². The van der Waals surface area contributed by atoms with Crippen molar-refractivity contribution in [2.24, 2.45) is 0 Å². The molecule has 2 aromatic rings. The standard InChI is InChI=1S/C8H6N2S/c11-10-6-5-9-7-3-1-2-4-8(7)10/h1-6H. The molecule has 0 bridgehead atoms. The van der Waals surface area contributed by atoms with Crippen molar-refractivity contribution in [1.82, 2.24) is 4.98 Å². The first-order valence-electron chi connectivity index (χ1n) is 3.31. The lowest BCUT2D eigenvalue weighted by molar-refractivity contribution is -0.461. The van der Waals surface area contributed by atoms with Gasteiger partial charge in [-0.3, -0.25) is 3.97 Å². The van der Waals surface area contributed by atoms with Crippen LogP contribution in [0, 0.1) is 0 Å². The smallest absolute Gasteiger partial charge is 0.216 e. The van der Waals surface area contributed by atoms with Gasteiger partial charge in [0.15, 0.2) is 6.20 Å². The highest BCUT2D eigenvalue weighted by Gasteiger charge is 1.97. The van der Waals surface area contributed by atoms with Gasteiger partial charge in [-0.25, -0.2) is 4.98 Å². The van der Waals surface area contributed by atoms with E-state index in [4.69, 9.17) is 12.8 Å². The summed E-state index contributed by atoms with van der Waals surface area (Å²) in [4.78, 5) is 4.15. The first kappa shape index (κ1) is 6.49. The maximum Gasteiger partial charge on any atom is 0.216 e. The van der Waals surface area contributed by atoms with Gasteiger partial charge in [0, 0.05) is 6.07 Å². The highest BCUT2D eigenvalue weighted by Crippen LogP contribution is 2.02. The van der Waals surface area contributed by atoms with Gasteiger partial charge in [0.2, 0.25) is 5.52 Å². The van der Waals surface area contributed by atoms with Gasteiger partial charge in [0.1, 0.15) is 5.52 Å². The molecule has 0 radical (unpaired) electrons. The molecule has 2 nitrogen and oxygen atoms in total. The number of benzene rings is 1. The molecule has 1 aromatic carbocycles. The second kappa shape index (κ2) is 2.43. The summed E-state index contributed by atoms with van der Waals surface area (Å²) in [7, 11) is 0. The Labute approximate surface area is 70.1 Å². The number of hydrogen-bond acceptors (Lipinski definition) is 2. The molecule has 1 aromatic heterocycles. The fourth-order valence-electron chi connectivity index (χ4n) is 1.01. The van der Waals surface area contributed by atoms with E-state index in [2.05, 4.69) is 4.98 Å². The fourth-order valence-corrected chi connectivity index (χ4v) is 1.22. The molecule has 0 N–H and O–H groups in total. The van der Waals surface area contributed by atoms with Crippen LogP contribution in [0.5, 0.6) is 0 Å². The maximum absolute atomic E-state index is 5.03. The molecule has 0 aliphatic carbocycles. The molecule has 0 amide bonds. The fraction of sp³-hybridized carbons (Fsp3) is 0. The predicted octanol–water partition coefficient (Wildman–Crippen LogP) is 0.832. The van der Waals surface area contributed by atoms with Gasteiger partial charge in [0.05, 0.1) is 6.20 Å². The van der Waals surface area contributed by atoms with Crippen molar-refractivity contribution in [2.75, 3.05) is 0 Å². The largest absolute Gasteiger partial charge is 0.426 e. The second-order valence-corrected chi connectivity index (χ2v) is 2.64. The summed E-state index contributed by atoms with van der Waals surface area (Å²) in [5.74, 6) is 0. The summed E-state index contributed by atoms with van der Waals surface area (Å²) in [5, 5.41) is 0. The Balaban J connectivity index is 2.91. The van der Waals surface area contributed by atoms with Crippen LogP contribution in [0.25, 0.3) is 11.0 Å². The Morgan fingerprint density at radius 1 is 1.27 bits per heavy atom. The molecule has 1 heterocycles. The van der Waals surface area contributed by atoms with Gasteiger partial charge < -0.3 is 12.8 Å². The molecule has 0 aliphatic rings. The van der Waals surface area contributed by atoms with E-state index in [9.17, 15) is 0 Å². The van der Waals surface area contributed by atoms with Crippen LogP contribution in [0.4, 0.5) is 0 Å². The highest BCUT2D eigenvalue weighted by molar-refractivity contribution is 7.51. The van der Waals surface area contributed by atoms with E-state index in [1.807, 2.05) is 24.3 Å². The van der Waals surface area contributed by atoms with Crippen LogP contribution in [0.15, 0.2) is 36.7 Å². The molecule has 11 heavy (non-hydrogen) atoms. The minimum atomic E-state index is 0.935. The van der Waals surface area contributed by atoms with Gasteiger partial charge in [-0.2, -0.15) is 0 Å². The third-order valence-corrected chi connectivity index (χ3v) is 1.85. The zero-order valence-electron chi connectivity index (χ0n) is 5.77. The van der Waals surface area contributed by atoms with E-state index < -0.39 is 0 Å². The van der Waals surface area contributed by atoms with Crippen molar-refractivity contribution in [1.29, 1.82) is 0 Å². The predicted molar refractivity (Wildman–Crippen MR) is 44.7 cm³/mol. The minimum Gasteiger partial charge on any atom is -0.426 e. The zero-order chi connectivity index (χ0) is 7.68. The Bertz CT molecular complexity index is 381. The molecular weight excluding hydrogens is 156 g/mol. The summed E-state index contributed by atoms with van der Waals surface area (Å²) >= 11 is 5.03. The number of aromatic nitrogens is 2. The molecule has 0 saturated heterocycles. The van der Waals surface area contributed by atoms with Crippen molar-refractivity contribution in [3.8, 4) is 0 Å². The molecule has 0 unspecified atom stereocenters. The second-order valence-electron chi connectivity index (χ2n) is 2.24. The van der Waals surface area contributed by atoms with Crippen molar-refractivity contribution in [3.63, 3.8) is 0 Å². The molecule has 54 valence electrons. The normalized spacial score (nSPS) is 10.2. The average molecular weight is 162 g/mol. The number of fused-ring (bicyclic) bond motifs is 1. The Kier molecular flexibility index (Phi) is 1.43. The van der Waals surface area contributed by atoms with E-state index >= 15 is 0 Å². The molecule has 0 aliphatic heterocycles. The van der Waals surface area contributed by atoms with Crippen molar-refractivity contribution in [3.05, 3.63) is 36.7 Å². The summed E-state index contributed by atoms with van der Waals surface area (Å²) in [6.07, 6.45) is 3.47. The third kappa shape index (κ3) is 1.03. The lowest BCUT2D eigenvalue weighted by atomic mass is 10.3.